The fourth-order valence-electron chi connectivity index (χ4n) is 3.75. The first kappa shape index (κ1) is 20.1. The first-order chi connectivity index (χ1) is 14.5. The van der Waals surface area contributed by atoms with Crippen molar-refractivity contribution in [2.75, 3.05) is 37.7 Å². The van der Waals surface area contributed by atoms with Gasteiger partial charge in [0.15, 0.2) is 12.4 Å². The Hall–Kier alpha value is -3.15. The van der Waals surface area contributed by atoms with Gasteiger partial charge in [0.2, 0.25) is 0 Å². The number of aromatic nitrogens is 2. The van der Waals surface area contributed by atoms with Crippen LogP contribution in [-0.4, -0.2) is 53.6 Å². The molecule has 6 nitrogen and oxygen atoms in total. The van der Waals surface area contributed by atoms with Gasteiger partial charge in [0.1, 0.15) is 5.75 Å². The second-order valence-corrected chi connectivity index (χ2v) is 8.01. The summed E-state index contributed by atoms with van der Waals surface area (Å²) in [5, 5.41) is 0. The van der Waals surface area contributed by atoms with E-state index in [4.69, 9.17) is 9.72 Å². The van der Waals surface area contributed by atoms with Crippen molar-refractivity contribution in [1.82, 2.24) is 14.9 Å². The number of carbonyl (C=O) groups excluding carboxylic acids is 1. The summed E-state index contributed by atoms with van der Waals surface area (Å²) in [4.78, 5) is 26.2. The minimum absolute atomic E-state index is 0.0194. The van der Waals surface area contributed by atoms with Gasteiger partial charge < -0.3 is 14.5 Å². The number of hydrogen-bond donors (Lipinski definition) is 0. The molecule has 0 unspecified atom stereocenters. The number of anilines is 1. The van der Waals surface area contributed by atoms with Crippen LogP contribution in [0.15, 0.2) is 48.5 Å². The highest BCUT2D eigenvalue weighted by Gasteiger charge is 2.23. The number of aryl methyl sites for hydroxylation is 1. The molecule has 6 heteroatoms. The molecular formula is C24H28N4O2. The van der Waals surface area contributed by atoms with E-state index in [-0.39, 0.29) is 12.5 Å². The highest BCUT2D eigenvalue weighted by molar-refractivity contribution is 5.78. The highest BCUT2D eigenvalue weighted by Crippen LogP contribution is 2.22. The van der Waals surface area contributed by atoms with Gasteiger partial charge in [-0.05, 0) is 42.7 Å². The Labute approximate surface area is 177 Å². The number of ether oxygens (including phenoxy) is 1. The van der Waals surface area contributed by atoms with E-state index in [0.717, 1.165) is 41.4 Å². The molecule has 0 aliphatic carbocycles. The summed E-state index contributed by atoms with van der Waals surface area (Å²) in [6.45, 7) is 9.13. The summed E-state index contributed by atoms with van der Waals surface area (Å²) in [7, 11) is 0. The fraction of sp³-hybridized carbons (Fsp3) is 0.375. The van der Waals surface area contributed by atoms with Crippen LogP contribution in [0.2, 0.25) is 0 Å². The average Bonchev–Trinajstić information content (AvgIpc) is 2.77. The zero-order valence-corrected chi connectivity index (χ0v) is 17.8. The summed E-state index contributed by atoms with van der Waals surface area (Å²) in [6, 6.07) is 15.9. The summed E-state index contributed by atoms with van der Waals surface area (Å²) >= 11 is 0. The van der Waals surface area contributed by atoms with Crippen LogP contribution in [0.1, 0.15) is 31.0 Å². The van der Waals surface area contributed by atoms with Crippen molar-refractivity contribution < 1.29 is 9.53 Å². The van der Waals surface area contributed by atoms with E-state index in [0.29, 0.717) is 19.0 Å². The molecule has 2 heterocycles. The molecule has 0 spiro atoms. The number of nitrogens with zero attached hydrogens (tertiary/aromatic N) is 4. The SMILES string of the molecule is Cc1nc2ccccc2nc1N1CCN(C(=O)COc2cccc(C(C)C)c2)CC1. The van der Waals surface area contributed by atoms with Crippen molar-refractivity contribution >= 4 is 22.8 Å². The molecule has 0 N–H and O–H groups in total. The first-order valence-electron chi connectivity index (χ1n) is 10.5. The summed E-state index contributed by atoms with van der Waals surface area (Å²) in [5.41, 5.74) is 3.93. The largest absolute Gasteiger partial charge is 0.484 e. The lowest BCUT2D eigenvalue weighted by Crippen LogP contribution is -2.50. The molecule has 30 heavy (non-hydrogen) atoms. The van der Waals surface area contributed by atoms with Gasteiger partial charge in [0.05, 0.1) is 16.7 Å². The maximum atomic E-state index is 12.6. The van der Waals surface area contributed by atoms with Gasteiger partial charge in [0, 0.05) is 26.2 Å². The van der Waals surface area contributed by atoms with Crippen LogP contribution < -0.4 is 9.64 Å². The van der Waals surface area contributed by atoms with E-state index in [1.807, 2.05) is 54.3 Å². The molecule has 1 fully saturated rings. The lowest BCUT2D eigenvalue weighted by Gasteiger charge is -2.35. The summed E-state index contributed by atoms with van der Waals surface area (Å²) in [6.07, 6.45) is 0. The molecule has 2 aromatic carbocycles. The molecule has 4 rings (SSSR count). The minimum Gasteiger partial charge on any atom is -0.484 e. The van der Waals surface area contributed by atoms with E-state index in [1.165, 1.54) is 5.56 Å². The number of rotatable bonds is 5. The van der Waals surface area contributed by atoms with Crippen molar-refractivity contribution in [2.24, 2.45) is 0 Å². The normalized spacial score (nSPS) is 14.4. The molecule has 0 radical (unpaired) electrons. The maximum Gasteiger partial charge on any atom is 0.260 e. The molecular weight excluding hydrogens is 376 g/mol. The van der Waals surface area contributed by atoms with E-state index < -0.39 is 0 Å². The van der Waals surface area contributed by atoms with Crippen molar-refractivity contribution in [3.05, 3.63) is 59.8 Å². The van der Waals surface area contributed by atoms with Crippen LogP contribution in [0.25, 0.3) is 11.0 Å². The second-order valence-electron chi connectivity index (χ2n) is 8.01. The number of amides is 1. The molecule has 3 aromatic rings. The van der Waals surface area contributed by atoms with Gasteiger partial charge >= 0.3 is 0 Å². The fourth-order valence-corrected chi connectivity index (χ4v) is 3.75. The molecule has 1 saturated heterocycles. The number of hydrogen-bond acceptors (Lipinski definition) is 5. The second kappa shape index (κ2) is 8.69. The molecule has 156 valence electrons. The highest BCUT2D eigenvalue weighted by atomic mass is 16.5. The van der Waals surface area contributed by atoms with Crippen molar-refractivity contribution in [1.29, 1.82) is 0 Å². The van der Waals surface area contributed by atoms with Gasteiger partial charge in [-0.3, -0.25) is 4.79 Å². The smallest absolute Gasteiger partial charge is 0.260 e. The van der Waals surface area contributed by atoms with Gasteiger partial charge in [0.25, 0.3) is 5.91 Å². The Balaban J connectivity index is 1.35. The molecule has 1 aromatic heterocycles. The van der Waals surface area contributed by atoms with E-state index in [9.17, 15) is 4.79 Å². The first-order valence-corrected chi connectivity index (χ1v) is 10.5. The van der Waals surface area contributed by atoms with Crippen LogP contribution in [0.5, 0.6) is 5.75 Å². The number of fused-ring (bicyclic) bond motifs is 1. The predicted octanol–water partition coefficient (Wildman–Crippen LogP) is 3.79. The molecule has 0 atom stereocenters. The Morgan fingerprint density at radius 1 is 1.00 bits per heavy atom. The predicted molar refractivity (Wildman–Crippen MR) is 119 cm³/mol. The van der Waals surface area contributed by atoms with E-state index >= 15 is 0 Å². The molecule has 1 aliphatic rings. The number of benzene rings is 2. The number of para-hydroxylation sites is 2. The Morgan fingerprint density at radius 3 is 2.40 bits per heavy atom. The van der Waals surface area contributed by atoms with Crippen LogP contribution in [0.3, 0.4) is 0 Å². The third kappa shape index (κ3) is 4.37. The quantitative estimate of drug-likeness (QED) is 0.648. The van der Waals surface area contributed by atoms with E-state index in [2.05, 4.69) is 29.8 Å². The Morgan fingerprint density at radius 2 is 1.70 bits per heavy atom. The van der Waals surface area contributed by atoms with E-state index in [1.54, 1.807) is 0 Å². The van der Waals surface area contributed by atoms with Gasteiger partial charge in [-0.1, -0.05) is 38.1 Å². The molecule has 1 aliphatic heterocycles. The lowest BCUT2D eigenvalue weighted by molar-refractivity contribution is -0.133. The Kier molecular flexibility index (Phi) is 5.84. The van der Waals surface area contributed by atoms with Crippen LogP contribution in [0, 0.1) is 6.92 Å². The Bertz CT molecular complexity index is 1040. The zero-order chi connectivity index (χ0) is 21.1. The third-order valence-electron chi connectivity index (χ3n) is 5.54. The zero-order valence-electron chi connectivity index (χ0n) is 17.8. The number of piperazine rings is 1. The number of carbonyl (C=O) groups is 1. The molecule has 1 amide bonds. The lowest BCUT2D eigenvalue weighted by atomic mass is 10.0. The van der Waals surface area contributed by atoms with Crippen molar-refractivity contribution in [2.45, 2.75) is 26.7 Å². The summed E-state index contributed by atoms with van der Waals surface area (Å²) in [5.74, 6) is 2.10. The molecule has 0 bridgehead atoms. The van der Waals surface area contributed by atoms with Gasteiger partial charge in [-0.25, -0.2) is 9.97 Å². The maximum absolute atomic E-state index is 12.6. The summed E-state index contributed by atoms with van der Waals surface area (Å²) < 4.78 is 5.76. The average molecular weight is 405 g/mol. The van der Waals surface area contributed by atoms with Crippen LogP contribution in [0.4, 0.5) is 5.82 Å². The van der Waals surface area contributed by atoms with Gasteiger partial charge in [-0.2, -0.15) is 0 Å². The standard InChI is InChI=1S/C24H28N4O2/c1-17(2)19-7-6-8-20(15-19)30-16-23(29)27-11-13-28(14-12-27)24-18(3)25-21-9-4-5-10-22(21)26-24/h4-10,15,17H,11-14,16H2,1-3H3. The monoisotopic (exact) mass is 404 g/mol. The molecule has 0 saturated carbocycles. The van der Waals surface area contributed by atoms with Crippen LogP contribution in [-0.2, 0) is 4.79 Å². The van der Waals surface area contributed by atoms with Crippen molar-refractivity contribution in [3.8, 4) is 5.75 Å². The third-order valence-corrected chi connectivity index (χ3v) is 5.54. The van der Waals surface area contributed by atoms with Crippen molar-refractivity contribution in [3.63, 3.8) is 0 Å². The van der Waals surface area contributed by atoms with Gasteiger partial charge in [-0.15, -0.1) is 0 Å². The topological polar surface area (TPSA) is 58.6 Å². The van der Waals surface area contributed by atoms with Crippen LogP contribution >= 0.6 is 0 Å². The minimum atomic E-state index is 0.0194.